The molecule has 0 aromatic carbocycles. The summed E-state index contributed by atoms with van der Waals surface area (Å²) in [5.74, 6) is 0. The van der Waals surface area contributed by atoms with Gasteiger partial charge in [0.25, 0.3) is 0 Å². The van der Waals surface area contributed by atoms with Gasteiger partial charge in [0.05, 0.1) is 6.54 Å². The van der Waals surface area contributed by atoms with Gasteiger partial charge in [-0.1, -0.05) is 6.07 Å². The lowest BCUT2D eigenvalue weighted by atomic mass is 10.5. The first-order valence-electron chi connectivity index (χ1n) is 3.31. The van der Waals surface area contributed by atoms with Crippen LogP contribution in [0.1, 0.15) is 4.88 Å². The number of rotatable bonds is 2. The average molecular weight is 170 g/mol. The fraction of sp³-hybridized carbons (Fsp3) is 0.286. The van der Waals surface area contributed by atoms with E-state index in [0.717, 1.165) is 4.88 Å². The molecule has 2 N–H and O–H groups in total. The number of nitrogens with one attached hydrogen (secondary N) is 2. The minimum atomic E-state index is -0.140. The molecule has 1 rings (SSSR count). The van der Waals surface area contributed by atoms with Crippen LogP contribution in [0.3, 0.4) is 0 Å². The van der Waals surface area contributed by atoms with Gasteiger partial charge in [-0.05, 0) is 11.4 Å². The van der Waals surface area contributed by atoms with E-state index in [1.165, 1.54) is 0 Å². The summed E-state index contributed by atoms with van der Waals surface area (Å²) in [5, 5.41) is 7.16. The predicted molar refractivity (Wildman–Crippen MR) is 45.6 cm³/mol. The molecule has 0 saturated heterocycles. The molecule has 0 atom stereocenters. The third kappa shape index (κ3) is 2.59. The van der Waals surface area contributed by atoms with E-state index in [1.54, 1.807) is 18.4 Å². The van der Waals surface area contributed by atoms with E-state index >= 15 is 0 Å². The van der Waals surface area contributed by atoms with Crippen molar-refractivity contribution >= 4 is 17.4 Å². The molecule has 2 amide bonds. The first-order chi connectivity index (χ1) is 5.33. The average Bonchev–Trinajstić information content (AvgIpc) is 2.52. The van der Waals surface area contributed by atoms with Crippen molar-refractivity contribution in [3.8, 4) is 0 Å². The monoisotopic (exact) mass is 170 g/mol. The van der Waals surface area contributed by atoms with Gasteiger partial charge in [0.15, 0.2) is 0 Å². The van der Waals surface area contributed by atoms with Crippen LogP contribution in [0.15, 0.2) is 17.5 Å². The normalized spacial score (nSPS) is 9.18. The van der Waals surface area contributed by atoms with E-state index in [0.29, 0.717) is 6.54 Å². The van der Waals surface area contributed by atoms with Gasteiger partial charge < -0.3 is 10.6 Å². The van der Waals surface area contributed by atoms with Gasteiger partial charge in [-0.3, -0.25) is 0 Å². The Kier molecular flexibility index (Phi) is 2.92. The Bertz CT molecular complexity index is 220. The van der Waals surface area contributed by atoms with Crippen LogP contribution in [-0.4, -0.2) is 13.1 Å². The van der Waals surface area contributed by atoms with Gasteiger partial charge in [0.2, 0.25) is 0 Å². The van der Waals surface area contributed by atoms with Gasteiger partial charge in [0, 0.05) is 11.9 Å². The fourth-order valence-corrected chi connectivity index (χ4v) is 1.31. The Hall–Kier alpha value is -1.03. The van der Waals surface area contributed by atoms with Crippen LogP contribution in [0.5, 0.6) is 0 Å². The fourth-order valence-electron chi connectivity index (χ4n) is 0.669. The van der Waals surface area contributed by atoms with Crippen LogP contribution in [0, 0.1) is 0 Å². The largest absolute Gasteiger partial charge is 0.341 e. The van der Waals surface area contributed by atoms with Crippen molar-refractivity contribution in [2.75, 3.05) is 7.05 Å². The Balaban J connectivity index is 2.29. The van der Waals surface area contributed by atoms with Crippen LogP contribution < -0.4 is 10.6 Å². The number of thiophene rings is 1. The highest BCUT2D eigenvalue weighted by Crippen LogP contribution is 2.06. The van der Waals surface area contributed by atoms with Crippen molar-refractivity contribution < 1.29 is 4.79 Å². The lowest BCUT2D eigenvalue weighted by Gasteiger charge is -2.00. The molecule has 0 radical (unpaired) electrons. The van der Waals surface area contributed by atoms with Crippen molar-refractivity contribution in [2.24, 2.45) is 0 Å². The molecule has 0 fully saturated rings. The van der Waals surface area contributed by atoms with Gasteiger partial charge in [-0.25, -0.2) is 4.79 Å². The Morgan fingerprint density at radius 3 is 3.09 bits per heavy atom. The van der Waals surface area contributed by atoms with E-state index in [2.05, 4.69) is 10.6 Å². The molecule has 60 valence electrons. The van der Waals surface area contributed by atoms with Crippen LogP contribution in [0.4, 0.5) is 4.79 Å². The number of carbonyl (C=O) groups excluding carboxylic acids is 1. The zero-order chi connectivity index (χ0) is 8.10. The second kappa shape index (κ2) is 3.98. The molecule has 1 aromatic heterocycles. The Morgan fingerprint density at radius 2 is 2.55 bits per heavy atom. The zero-order valence-electron chi connectivity index (χ0n) is 6.26. The summed E-state index contributed by atoms with van der Waals surface area (Å²) in [6.07, 6.45) is 0. The first-order valence-corrected chi connectivity index (χ1v) is 4.19. The smallest absolute Gasteiger partial charge is 0.314 e. The maximum Gasteiger partial charge on any atom is 0.314 e. The summed E-state index contributed by atoms with van der Waals surface area (Å²) in [6.45, 7) is 0.608. The minimum Gasteiger partial charge on any atom is -0.341 e. The third-order valence-corrected chi connectivity index (χ3v) is 2.11. The van der Waals surface area contributed by atoms with E-state index < -0.39 is 0 Å². The predicted octanol–water partition coefficient (Wildman–Crippen LogP) is 1.18. The molecule has 0 aliphatic rings. The van der Waals surface area contributed by atoms with Gasteiger partial charge in [-0.2, -0.15) is 0 Å². The van der Waals surface area contributed by atoms with Crippen molar-refractivity contribution in [1.82, 2.24) is 10.6 Å². The molecule has 0 spiro atoms. The number of hydrogen-bond acceptors (Lipinski definition) is 2. The summed E-state index contributed by atoms with van der Waals surface area (Å²) in [6, 6.07) is 3.81. The highest BCUT2D eigenvalue weighted by Gasteiger charge is 1.95. The number of carbonyl (C=O) groups is 1. The molecular formula is C7H10N2OS. The van der Waals surface area contributed by atoms with Gasteiger partial charge in [-0.15, -0.1) is 11.3 Å². The lowest BCUT2D eigenvalue weighted by molar-refractivity contribution is 0.242. The van der Waals surface area contributed by atoms with Gasteiger partial charge in [0.1, 0.15) is 0 Å². The summed E-state index contributed by atoms with van der Waals surface area (Å²) >= 11 is 1.63. The number of amides is 2. The van der Waals surface area contributed by atoms with Crippen LogP contribution in [0.25, 0.3) is 0 Å². The lowest BCUT2D eigenvalue weighted by Crippen LogP contribution is -2.31. The van der Waals surface area contributed by atoms with E-state index in [9.17, 15) is 4.79 Å². The Morgan fingerprint density at radius 1 is 1.73 bits per heavy atom. The zero-order valence-corrected chi connectivity index (χ0v) is 7.07. The molecule has 1 aromatic rings. The molecule has 0 unspecified atom stereocenters. The van der Waals surface area contributed by atoms with Crippen LogP contribution >= 0.6 is 11.3 Å². The molecule has 1 heterocycles. The second-order valence-corrected chi connectivity index (χ2v) is 3.04. The molecule has 3 nitrogen and oxygen atoms in total. The van der Waals surface area contributed by atoms with Crippen molar-refractivity contribution in [3.05, 3.63) is 22.4 Å². The standard InChI is InChI=1S/C7H10N2OS/c1-8-7(10)9-5-6-3-2-4-11-6/h2-4H,5H2,1H3,(H2,8,9,10). The second-order valence-electron chi connectivity index (χ2n) is 2.01. The van der Waals surface area contributed by atoms with E-state index in [-0.39, 0.29) is 6.03 Å². The summed E-state index contributed by atoms with van der Waals surface area (Å²) in [4.78, 5) is 11.9. The highest BCUT2D eigenvalue weighted by atomic mass is 32.1. The Labute approximate surface area is 69.4 Å². The maximum absolute atomic E-state index is 10.7. The van der Waals surface area contributed by atoms with Crippen molar-refractivity contribution in [2.45, 2.75) is 6.54 Å². The molecule has 0 aliphatic heterocycles. The topological polar surface area (TPSA) is 41.1 Å². The summed E-state index contributed by atoms with van der Waals surface area (Å²) in [5.41, 5.74) is 0. The maximum atomic E-state index is 10.7. The highest BCUT2D eigenvalue weighted by molar-refractivity contribution is 7.09. The minimum absolute atomic E-state index is 0.140. The molecule has 0 aliphatic carbocycles. The van der Waals surface area contributed by atoms with Crippen molar-refractivity contribution in [3.63, 3.8) is 0 Å². The number of hydrogen-bond donors (Lipinski definition) is 2. The van der Waals surface area contributed by atoms with Crippen LogP contribution in [0.2, 0.25) is 0 Å². The summed E-state index contributed by atoms with van der Waals surface area (Å²) < 4.78 is 0. The van der Waals surface area contributed by atoms with Crippen LogP contribution in [-0.2, 0) is 6.54 Å². The number of urea groups is 1. The molecule has 0 saturated carbocycles. The molecule has 11 heavy (non-hydrogen) atoms. The molecular weight excluding hydrogens is 160 g/mol. The van der Waals surface area contributed by atoms with Crippen molar-refractivity contribution in [1.29, 1.82) is 0 Å². The van der Waals surface area contributed by atoms with E-state index in [4.69, 9.17) is 0 Å². The third-order valence-electron chi connectivity index (χ3n) is 1.23. The molecule has 4 heteroatoms. The SMILES string of the molecule is CNC(=O)NCc1cccs1. The molecule has 0 bridgehead atoms. The quantitative estimate of drug-likeness (QED) is 0.687. The summed E-state index contributed by atoms with van der Waals surface area (Å²) in [7, 11) is 1.60. The first kappa shape index (κ1) is 8.07. The van der Waals surface area contributed by atoms with E-state index in [1.807, 2.05) is 17.5 Å². The van der Waals surface area contributed by atoms with Gasteiger partial charge >= 0.3 is 6.03 Å².